The lowest BCUT2D eigenvalue weighted by Crippen LogP contribution is -2.83. The van der Waals surface area contributed by atoms with Crippen LogP contribution in [0.25, 0.3) is 0 Å². The van der Waals surface area contributed by atoms with Crippen molar-refractivity contribution >= 4 is 46.7 Å². The number of nitrogens with one attached hydrogen (secondary N) is 1. The number of carbonyl (C=O) groups excluding carboxylic acids is 4. The van der Waals surface area contributed by atoms with Crippen molar-refractivity contribution in [2.45, 2.75) is 36.6 Å². The van der Waals surface area contributed by atoms with Crippen molar-refractivity contribution in [2.75, 3.05) is 7.11 Å². The van der Waals surface area contributed by atoms with Gasteiger partial charge in [0.1, 0.15) is 5.37 Å². The molecule has 2 amide bonds. The van der Waals surface area contributed by atoms with Crippen LogP contribution in [0.15, 0.2) is 89.2 Å². The first-order valence-electron chi connectivity index (χ1n) is 12.2. The number of hydrogen-bond donors (Lipinski definition) is 1. The number of ether oxygens (including phenoxy) is 2. The van der Waals surface area contributed by atoms with E-state index in [9.17, 15) is 19.2 Å². The molecule has 0 bridgehead atoms. The van der Waals surface area contributed by atoms with E-state index < -0.39 is 35.1 Å². The molecule has 2 aromatic carbocycles. The van der Waals surface area contributed by atoms with Crippen LogP contribution in [0.4, 0.5) is 0 Å². The zero-order valence-corrected chi connectivity index (χ0v) is 22.9. The number of hydrogen-bond acceptors (Lipinski definition) is 8. The lowest BCUT2D eigenvalue weighted by atomic mass is 9.92. The number of nitrogens with zero attached hydrogens (tertiary/aromatic N) is 1. The number of benzene rings is 2. The van der Waals surface area contributed by atoms with Gasteiger partial charge >= 0.3 is 5.97 Å². The second-order valence-electron chi connectivity index (χ2n) is 9.12. The molecule has 0 radical (unpaired) electrons. The maximum absolute atomic E-state index is 13.8. The molecule has 3 aromatic rings. The van der Waals surface area contributed by atoms with Crippen molar-refractivity contribution in [3.05, 3.63) is 105 Å². The summed E-state index contributed by atoms with van der Waals surface area (Å²) in [7, 11) is 1.33. The number of rotatable bonds is 9. The summed E-state index contributed by atoms with van der Waals surface area (Å²) >= 11 is 2.58. The minimum absolute atomic E-state index is 0.0866. The highest BCUT2D eigenvalue weighted by Gasteiger charge is 2.68. The van der Waals surface area contributed by atoms with Gasteiger partial charge in [0, 0.05) is 17.6 Å². The Balaban J connectivity index is 1.43. The fourth-order valence-electron chi connectivity index (χ4n) is 4.76. The van der Waals surface area contributed by atoms with E-state index in [0.717, 1.165) is 27.8 Å². The van der Waals surface area contributed by atoms with Gasteiger partial charge in [-0.1, -0.05) is 66.7 Å². The second kappa shape index (κ2) is 11.2. The topological polar surface area (TPSA) is 102 Å². The molecule has 0 aliphatic carbocycles. The first kappa shape index (κ1) is 26.9. The van der Waals surface area contributed by atoms with Gasteiger partial charge in [0.25, 0.3) is 11.6 Å². The van der Waals surface area contributed by atoms with Crippen LogP contribution < -0.4 is 5.32 Å². The average molecular weight is 563 g/mol. The molecule has 1 saturated heterocycles. The Morgan fingerprint density at radius 3 is 2.18 bits per heavy atom. The van der Waals surface area contributed by atoms with Crippen LogP contribution in [0.3, 0.4) is 0 Å². The summed E-state index contributed by atoms with van der Waals surface area (Å²) in [5, 5.41) is 5.38. The summed E-state index contributed by atoms with van der Waals surface area (Å²) in [4.78, 5) is 54.9. The molecule has 2 aliphatic rings. The van der Waals surface area contributed by atoms with Crippen LogP contribution >= 0.6 is 23.1 Å². The van der Waals surface area contributed by atoms with Crippen molar-refractivity contribution in [1.29, 1.82) is 0 Å². The van der Waals surface area contributed by atoms with E-state index in [1.165, 1.54) is 30.3 Å². The summed E-state index contributed by atoms with van der Waals surface area (Å²) in [6, 6.07) is 20.9. The van der Waals surface area contributed by atoms with E-state index in [2.05, 4.69) is 5.32 Å². The lowest BCUT2D eigenvalue weighted by molar-refractivity contribution is -0.203. The van der Waals surface area contributed by atoms with Crippen LogP contribution in [0.2, 0.25) is 0 Å². The van der Waals surface area contributed by atoms with E-state index in [4.69, 9.17) is 9.47 Å². The highest BCUT2D eigenvalue weighted by Crippen LogP contribution is 2.47. The van der Waals surface area contributed by atoms with Gasteiger partial charge in [0.2, 0.25) is 5.91 Å². The Bertz CT molecular complexity index is 1370. The summed E-state index contributed by atoms with van der Waals surface area (Å²) in [6.07, 6.45) is -0.668. The third-order valence-electron chi connectivity index (χ3n) is 6.68. The van der Waals surface area contributed by atoms with Gasteiger partial charge in [-0.15, -0.1) is 23.1 Å². The summed E-state index contributed by atoms with van der Waals surface area (Å²) < 4.78 is 11.6. The molecule has 1 N–H and O–H groups in total. The lowest BCUT2D eigenvalue weighted by Gasteiger charge is -2.57. The fourth-order valence-corrected chi connectivity index (χ4v) is 6.83. The molecule has 39 heavy (non-hydrogen) atoms. The van der Waals surface area contributed by atoms with Crippen molar-refractivity contribution < 1.29 is 28.7 Å². The van der Waals surface area contributed by atoms with E-state index in [1.807, 2.05) is 78.2 Å². The van der Waals surface area contributed by atoms with Gasteiger partial charge in [-0.2, -0.15) is 0 Å². The molecule has 5 rings (SSSR count). The highest BCUT2D eigenvalue weighted by molar-refractivity contribution is 8.03. The number of esters is 1. The Kier molecular flexibility index (Phi) is 7.69. The number of thiophene rings is 1. The number of thioether (sulfide) groups is 1. The number of carbonyl (C=O) groups is 4. The molecule has 200 valence electrons. The Morgan fingerprint density at radius 2 is 1.64 bits per heavy atom. The average Bonchev–Trinajstić information content (AvgIpc) is 3.47. The van der Waals surface area contributed by atoms with Crippen LogP contribution in [-0.2, 0) is 35.1 Å². The molecule has 2 unspecified atom stereocenters. The molecule has 2 aliphatic heterocycles. The number of Topliss-reactive ketones (excluding diaryl/α,β-unsaturated/α-hetero) is 1. The smallest absolute Gasteiger partial charge is 0.334 e. The largest absolute Gasteiger partial charge is 0.451 e. The normalized spacial score (nSPS) is 22.0. The first-order chi connectivity index (χ1) is 18.9. The van der Waals surface area contributed by atoms with Gasteiger partial charge in [0.05, 0.1) is 6.42 Å². The Hall–Kier alpha value is -3.73. The molecule has 0 spiro atoms. The number of β-lactam (4-membered cyclic amide) rings is 1. The SMILES string of the molecule is COC1(NC(=O)Cc2cccs2)C(=O)N2C(C(=O)OC(c3ccccc3)c3ccccc3)C(C(C)=O)=CS[C@@H]21. The third-order valence-corrected chi connectivity index (χ3v) is 8.76. The van der Waals surface area contributed by atoms with Crippen LogP contribution in [0.1, 0.15) is 29.0 Å². The predicted octanol–water partition coefficient (Wildman–Crippen LogP) is 3.84. The summed E-state index contributed by atoms with van der Waals surface area (Å²) in [5.41, 5.74) is -0.0402. The molecule has 8 nitrogen and oxygen atoms in total. The molecule has 3 heterocycles. The van der Waals surface area contributed by atoms with Crippen molar-refractivity contribution in [2.24, 2.45) is 0 Å². The van der Waals surface area contributed by atoms with E-state index >= 15 is 0 Å². The second-order valence-corrected chi connectivity index (χ2v) is 11.1. The van der Waals surface area contributed by atoms with E-state index in [1.54, 1.807) is 5.41 Å². The molecular formula is C29H26N2O6S2. The van der Waals surface area contributed by atoms with Crippen LogP contribution in [0.5, 0.6) is 0 Å². The quantitative estimate of drug-likeness (QED) is 0.240. The van der Waals surface area contributed by atoms with E-state index in [0.29, 0.717) is 0 Å². The molecular weight excluding hydrogens is 536 g/mol. The van der Waals surface area contributed by atoms with Crippen LogP contribution in [0, 0.1) is 0 Å². The Labute approximate surface area is 234 Å². The van der Waals surface area contributed by atoms with Gasteiger partial charge in [0.15, 0.2) is 17.9 Å². The van der Waals surface area contributed by atoms with Crippen molar-refractivity contribution in [3.8, 4) is 0 Å². The number of methoxy groups -OCH3 is 1. The fraction of sp³-hybridized carbons (Fsp3) is 0.241. The first-order valence-corrected chi connectivity index (χ1v) is 14.1. The zero-order valence-electron chi connectivity index (χ0n) is 21.2. The summed E-state index contributed by atoms with van der Waals surface area (Å²) in [6.45, 7) is 1.34. The van der Waals surface area contributed by atoms with Gasteiger partial charge < -0.3 is 19.7 Å². The van der Waals surface area contributed by atoms with E-state index in [-0.39, 0.29) is 23.7 Å². The number of fused-ring (bicyclic) bond motifs is 1. The number of ketones is 1. The maximum Gasteiger partial charge on any atom is 0.334 e. The van der Waals surface area contributed by atoms with Crippen molar-refractivity contribution in [3.63, 3.8) is 0 Å². The van der Waals surface area contributed by atoms with Crippen molar-refractivity contribution in [1.82, 2.24) is 10.2 Å². The van der Waals surface area contributed by atoms with Gasteiger partial charge in [-0.3, -0.25) is 14.4 Å². The maximum atomic E-state index is 13.8. The molecule has 1 fully saturated rings. The monoisotopic (exact) mass is 562 g/mol. The summed E-state index contributed by atoms with van der Waals surface area (Å²) in [5.74, 6) is -2.11. The molecule has 3 atom stereocenters. The van der Waals surface area contributed by atoms with Gasteiger partial charge in [-0.05, 0) is 34.9 Å². The predicted molar refractivity (Wildman–Crippen MR) is 148 cm³/mol. The van der Waals surface area contributed by atoms with Crippen LogP contribution in [-0.4, -0.2) is 52.7 Å². The molecule has 1 aromatic heterocycles. The highest BCUT2D eigenvalue weighted by atomic mass is 32.2. The minimum atomic E-state index is -1.67. The standard InChI is InChI=1S/C29H26N2O6S2/c1-18(32)22-17-39-28-29(36-2,30-23(33)16-21-14-9-15-38-21)27(35)31(28)24(22)26(34)37-25(19-10-5-3-6-11-19)20-12-7-4-8-13-20/h3-15,17,24-25,28H,16H2,1-2H3,(H,30,33)/t24?,28-,29?/m1/s1. The molecule has 0 saturated carbocycles. The third kappa shape index (κ3) is 5.03. The Morgan fingerprint density at radius 1 is 1.00 bits per heavy atom. The molecule has 10 heteroatoms. The number of amides is 2. The zero-order chi connectivity index (χ0) is 27.6. The van der Waals surface area contributed by atoms with Gasteiger partial charge in [-0.25, -0.2) is 4.79 Å². The minimum Gasteiger partial charge on any atom is -0.451 e.